The van der Waals surface area contributed by atoms with Crippen LogP contribution in [0.3, 0.4) is 0 Å². The van der Waals surface area contributed by atoms with Crippen molar-refractivity contribution in [3.63, 3.8) is 0 Å². The summed E-state index contributed by atoms with van der Waals surface area (Å²) in [5.74, 6) is -1.11. The van der Waals surface area contributed by atoms with Gasteiger partial charge in [0.15, 0.2) is 0 Å². The third-order valence-corrected chi connectivity index (χ3v) is 2.90. The first-order valence-corrected chi connectivity index (χ1v) is 6.30. The second-order valence-corrected chi connectivity index (χ2v) is 4.56. The molecule has 2 aromatic rings. The second-order valence-electron chi connectivity index (χ2n) is 4.56. The molecule has 21 heavy (non-hydrogen) atoms. The zero-order chi connectivity index (χ0) is 15.2. The minimum atomic E-state index is -1.00. The molecule has 0 bridgehead atoms. The Labute approximate surface area is 121 Å². The molecule has 1 amide bonds. The van der Waals surface area contributed by atoms with Gasteiger partial charge in [0.1, 0.15) is 0 Å². The quantitative estimate of drug-likeness (QED) is 0.820. The molecule has 1 aromatic carbocycles. The van der Waals surface area contributed by atoms with E-state index >= 15 is 0 Å². The van der Waals surface area contributed by atoms with Crippen molar-refractivity contribution in [1.29, 1.82) is 0 Å². The van der Waals surface area contributed by atoms with Crippen molar-refractivity contribution in [3.8, 4) is 0 Å². The minimum Gasteiger partial charge on any atom is -0.478 e. The SMILES string of the molecule is CN(Cc1cn[nH]c1)C(=O)c1ccc(C=CC(=O)O)cc1. The molecule has 0 unspecified atom stereocenters. The molecule has 0 spiro atoms. The highest BCUT2D eigenvalue weighted by Gasteiger charge is 2.12. The first kappa shape index (κ1) is 14.5. The van der Waals surface area contributed by atoms with E-state index in [1.807, 2.05) is 0 Å². The normalized spacial score (nSPS) is 10.7. The lowest BCUT2D eigenvalue weighted by Gasteiger charge is -2.16. The Kier molecular flexibility index (Phi) is 4.50. The summed E-state index contributed by atoms with van der Waals surface area (Å²) in [7, 11) is 1.72. The minimum absolute atomic E-state index is 0.107. The van der Waals surface area contributed by atoms with E-state index in [-0.39, 0.29) is 5.91 Å². The number of carbonyl (C=O) groups excluding carboxylic acids is 1. The summed E-state index contributed by atoms with van der Waals surface area (Å²) in [6.45, 7) is 0.468. The van der Waals surface area contributed by atoms with Gasteiger partial charge in [-0.15, -0.1) is 0 Å². The molecule has 0 saturated carbocycles. The van der Waals surface area contributed by atoms with E-state index in [1.165, 1.54) is 6.08 Å². The third-order valence-electron chi connectivity index (χ3n) is 2.90. The van der Waals surface area contributed by atoms with E-state index in [9.17, 15) is 9.59 Å². The molecule has 6 nitrogen and oxygen atoms in total. The molecular weight excluding hydrogens is 270 g/mol. The lowest BCUT2D eigenvalue weighted by atomic mass is 10.1. The number of aliphatic carboxylic acids is 1. The molecule has 2 N–H and O–H groups in total. The Morgan fingerprint density at radius 3 is 2.62 bits per heavy atom. The Bertz CT molecular complexity index is 645. The van der Waals surface area contributed by atoms with Crippen molar-refractivity contribution in [2.24, 2.45) is 0 Å². The average Bonchev–Trinajstić information content (AvgIpc) is 2.97. The Morgan fingerprint density at radius 2 is 2.05 bits per heavy atom. The third kappa shape index (κ3) is 4.04. The summed E-state index contributed by atoms with van der Waals surface area (Å²) in [5, 5.41) is 15.1. The monoisotopic (exact) mass is 285 g/mol. The number of hydrogen-bond acceptors (Lipinski definition) is 3. The van der Waals surface area contributed by atoms with Crippen LogP contribution in [0.1, 0.15) is 21.5 Å². The van der Waals surface area contributed by atoms with Crippen LogP contribution in [0.5, 0.6) is 0 Å². The highest BCUT2D eigenvalue weighted by atomic mass is 16.4. The van der Waals surface area contributed by atoms with E-state index < -0.39 is 5.97 Å². The predicted octanol–water partition coefficient (Wildman–Crippen LogP) is 1.78. The van der Waals surface area contributed by atoms with Crippen LogP contribution in [-0.2, 0) is 11.3 Å². The van der Waals surface area contributed by atoms with Crippen molar-refractivity contribution in [1.82, 2.24) is 15.1 Å². The maximum Gasteiger partial charge on any atom is 0.328 e. The van der Waals surface area contributed by atoms with Crippen LogP contribution in [-0.4, -0.2) is 39.1 Å². The van der Waals surface area contributed by atoms with Crippen LogP contribution in [0.4, 0.5) is 0 Å². The van der Waals surface area contributed by atoms with Crippen LogP contribution in [0.15, 0.2) is 42.7 Å². The molecule has 0 aliphatic rings. The van der Waals surface area contributed by atoms with Crippen LogP contribution >= 0.6 is 0 Å². The van der Waals surface area contributed by atoms with Crippen LogP contribution in [0.2, 0.25) is 0 Å². The number of benzene rings is 1. The number of carboxylic acids is 1. The zero-order valence-electron chi connectivity index (χ0n) is 11.5. The van der Waals surface area contributed by atoms with Gasteiger partial charge in [-0.1, -0.05) is 12.1 Å². The molecule has 0 saturated heterocycles. The molecule has 1 heterocycles. The number of nitrogens with zero attached hydrogens (tertiary/aromatic N) is 2. The van der Waals surface area contributed by atoms with E-state index in [4.69, 9.17) is 5.11 Å². The molecule has 0 aliphatic carbocycles. The summed E-state index contributed by atoms with van der Waals surface area (Å²) in [6, 6.07) is 6.77. The molecule has 0 fully saturated rings. The molecule has 6 heteroatoms. The second kappa shape index (κ2) is 6.51. The number of aromatic nitrogens is 2. The van der Waals surface area contributed by atoms with E-state index in [2.05, 4.69) is 10.2 Å². The van der Waals surface area contributed by atoms with E-state index in [0.29, 0.717) is 12.1 Å². The summed E-state index contributed by atoms with van der Waals surface area (Å²) in [5.41, 5.74) is 2.20. The smallest absolute Gasteiger partial charge is 0.328 e. The Balaban J connectivity index is 2.03. The standard InChI is InChI=1S/C15H15N3O3/c1-18(10-12-8-16-17-9-12)15(21)13-5-2-11(3-6-13)4-7-14(19)20/h2-9H,10H2,1H3,(H,16,17)(H,19,20). The lowest BCUT2D eigenvalue weighted by molar-refractivity contribution is -0.131. The van der Waals surface area contributed by atoms with Crippen molar-refractivity contribution >= 4 is 18.0 Å². The fraction of sp³-hybridized carbons (Fsp3) is 0.133. The number of aromatic amines is 1. The van der Waals surface area contributed by atoms with Gasteiger partial charge in [0.2, 0.25) is 0 Å². The Morgan fingerprint density at radius 1 is 1.33 bits per heavy atom. The number of H-pyrrole nitrogens is 1. The summed E-state index contributed by atoms with van der Waals surface area (Å²) in [6.07, 6.45) is 5.95. The molecule has 2 rings (SSSR count). The van der Waals surface area contributed by atoms with Crippen molar-refractivity contribution in [2.45, 2.75) is 6.54 Å². The van der Waals surface area contributed by atoms with Gasteiger partial charge in [-0.25, -0.2) is 4.79 Å². The van der Waals surface area contributed by atoms with Crippen molar-refractivity contribution in [2.75, 3.05) is 7.05 Å². The van der Waals surface area contributed by atoms with E-state index in [1.54, 1.807) is 48.6 Å². The fourth-order valence-electron chi connectivity index (χ4n) is 1.83. The number of carbonyl (C=O) groups is 2. The molecular formula is C15H15N3O3. The highest BCUT2D eigenvalue weighted by Crippen LogP contribution is 2.10. The molecule has 0 atom stereocenters. The first-order valence-electron chi connectivity index (χ1n) is 6.30. The van der Waals surface area contributed by atoms with Crippen molar-refractivity contribution in [3.05, 3.63) is 59.4 Å². The van der Waals surface area contributed by atoms with Gasteiger partial charge in [-0.2, -0.15) is 5.10 Å². The number of nitrogens with one attached hydrogen (secondary N) is 1. The molecule has 108 valence electrons. The van der Waals surface area contributed by atoms with Gasteiger partial charge in [0.05, 0.1) is 6.20 Å². The van der Waals surface area contributed by atoms with Gasteiger partial charge in [0.25, 0.3) is 5.91 Å². The fourth-order valence-corrected chi connectivity index (χ4v) is 1.83. The number of hydrogen-bond donors (Lipinski definition) is 2. The first-order chi connectivity index (χ1) is 10.1. The van der Waals surface area contributed by atoms with Crippen LogP contribution in [0, 0.1) is 0 Å². The summed E-state index contributed by atoms with van der Waals surface area (Å²) >= 11 is 0. The molecule has 0 radical (unpaired) electrons. The molecule has 1 aromatic heterocycles. The van der Waals surface area contributed by atoms with Crippen LogP contribution in [0.25, 0.3) is 6.08 Å². The topological polar surface area (TPSA) is 86.3 Å². The van der Waals surface area contributed by atoms with Gasteiger partial charge in [-0.05, 0) is 23.8 Å². The number of rotatable bonds is 5. The summed E-state index contributed by atoms with van der Waals surface area (Å²) < 4.78 is 0. The Hall–Kier alpha value is -2.89. The van der Waals surface area contributed by atoms with Gasteiger partial charge in [-0.3, -0.25) is 9.89 Å². The maximum absolute atomic E-state index is 12.2. The van der Waals surface area contributed by atoms with Crippen LogP contribution < -0.4 is 0 Å². The zero-order valence-corrected chi connectivity index (χ0v) is 11.5. The molecule has 0 aliphatic heterocycles. The largest absolute Gasteiger partial charge is 0.478 e. The lowest BCUT2D eigenvalue weighted by Crippen LogP contribution is -2.25. The number of carboxylic acid groups (broad SMARTS) is 1. The maximum atomic E-state index is 12.2. The highest BCUT2D eigenvalue weighted by molar-refractivity contribution is 5.94. The predicted molar refractivity (Wildman–Crippen MR) is 77.5 cm³/mol. The van der Waals surface area contributed by atoms with E-state index in [0.717, 1.165) is 17.2 Å². The number of amides is 1. The average molecular weight is 285 g/mol. The van der Waals surface area contributed by atoms with Crippen molar-refractivity contribution < 1.29 is 14.7 Å². The summed E-state index contributed by atoms with van der Waals surface area (Å²) in [4.78, 5) is 24.3. The van der Waals surface area contributed by atoms with Gasteiger partial charge < -0.3 is 10.0 Å². The van der Waals surface area contributed by atoms with Gasteiger partial charge in [0, 0.05) is 37.0 Å². The van der Waals surface area contributed by atoms with Gasteiger partial charge >= 0.3 is 5.97 Å².